The van der Waals surface area contributed by atoms with E-state index in [4.69, 9.17) is 0 Å². The Hall–Kier alpha value is -0.516. The van der Waals surface area contributed by atoms with E-state index >= 15 is 0 Å². The summed E-state index contributed by atoms with van der Waals surface area (Å²) in [5, 5.41) is 5.39. The Morgan fingerprint density at radius 3 is 2.58 bits per heavy atom. The molecule has 2 aromatic heterocycles. The zero-order valence-corrected chi connectivity index (χ0v) is 15.3. The molecule has 0 saturated heterocycles. The summed E-state index contributed by atoms with van der Waals surface area (Å²) in [6.45, 7) is 7.99. The van der Waals surface area contributed by atoms with Crippen molar-refractivity contribution in [2.24, 2.45) is 0 Å². The first kappa shape index (κ1) is 16.5. The second-order valence-corrected chi connectivity index (χ2v) is 5.39. The molecule has 1 unspecified atom stereocenters. The number of hydrogen-bond acceptors (Lipinski definition) is 5. The van der Waals surface area contributed by atoms with Crippen LogP contribution in [0.2, 0.25) is 0 Å². The maximum Gasteiger partial charge on any atom is 3.00 e. The van der Waals surface area contributed by atoms with Crippen LogP contribution in [0.4, 0.5) is 5.95 Å². The van der Waals surface area contributed by atoms with Crippen molar-refractivity contribution in [3.05, 3.63) is 40.0 Å². The molecule has 6 heteroatoms. The SMILES string of the molecule is Cc1nc(NC(C)c2cccs2)nc([C-](C)C)n1.[Y+3]. The third kappa shape index (κ3) is 4.51. The molecule has 96 valence electrons. The molecule has 0 aliphatic rings. The minimum Gasteiger partial charge on any atom is -0.347 e. The molecule has 4 nitrogen and oxygen atoms in total. The zero-order valence-electron chi connectivity index (χ0n) is 11.6. The Morgan fingerprint density at radius 1 is 1.26 bits per heavy atom. The van der Waals surface area contributed by atoms with Crippen LogP contribution in [0.1, 0.15) is 43.3 Å². The molecule has 0 saturated carbocycles. The Labute approximate surface area is 143 Å². The molecule has 1 atom stereocenters. The van der Waals surface area contributed by atoms with Gasteiger partial charge in [0.05, 0.1) is 6.04 Å². The predicted molar refractivity (Wildman–Crippen MR) is 74.6 cm³/mol. The van der Waals surface area contributed by atoms with Crippen LogP contribution in [0.5, 0.6) is 0 Å². The zero-order chi connectivity index (χ0) is 13.1. The van der Waals surface area contributed by atoms with E-state index < -0.39 is 0 Å². The maximum absolute atomic E-state index is 4.42. The molecule has 2 rings (SSSR count). The van der Waals surface area contributed by atoms with Crippen molar-refractivity contribution < 1.29 is 32.7 Å². The van der Waals surface area contributed by atoms with Crippen LogP contribution in [-0.2, 0) is 32.7 Å². The number of nitrogens with one attached hydrogen (secondary N) is 1. The van der Waals surface area contributed by atoms with Gasteiger partial charge in [0.2, 0.25) is 5.95 Å². The van der Waals surface area contributed by atoms with Crippen molar-refractivity contribution >= 4 is 17.3 Å². The van der Waals surface area contributed by atoms with Crippen molar-refractivity contribution in [3.63, 3.8) is 0 Å². The molecule has 0 aliphatic heterocycles. The van der Waals surface area contributed by atoms with Crippen LogP contribution in [0.15, 0.2) is 17.5 Å². The summed E-state index contributed by atoms with van der Waals surface area (Å²) in [7, 11) is 0. The molecule has 2 aromatic rings. The molecule has 0 aromatic carbocycles. The van der Waals surface area contributed by atoms with Gasteiger partial charge in [0.25, 0.3) is 0 Å². The third-order valence-electron chi connectivity index (χ3n) is 2.51. The van der Waals surface area contributed by atoms with Gasteiger partial charge in [0, 0.05) is 10.7 Å². The molecule has 0 aliphatic carbocycles. The smallest absolute Gasteiger partial charge is 0.347 e. The van der Waals surface area contributed by atoms with Crippen LogP contribution < -0.4 is 5.32 Å². The Bertz CT molecular complexity index is 513. The Morgan fingerprint density at radius 2 is 2.00 bits per heavy atom. The summed E-state index contributed by atoms with van der Waals surface area (Å²) in [5.74, 6) is 3.22. The summed E-state index contributed by atoms with van der Waals surface area (Å²) in [5.41, 5.74) is 0. The molecule has 0 radical (unpaired) electrons. The number of rotatable bonds is 4. The first-order chi connectivity index (χ1) is 8.56. The standard InChI is InChI=1S/C13H17N4S.Y/c1-8(2)12-15-10(4)16-13(17-12)14-9(3)11-6-5-7-18-11;/h5-7,9H,1-4H3,(H,14,15,16,17);/q-1;+3. The monoisotopic (exact) mass is 350 g/mol. The van der Waals surface area contributed by atoms with Gasteiger partial charge in [-0.1, -0.05) is 6.07 Å². The summed E-state index contributed by atoms with van der Waals surface area (Å²) >= 11 is 1.73. The van der Waals surface area contributed by atoms with Crippen molar-refractivity contribution in [2.75, 3.05) is 5.32 Å². The minimum atomic E-state index is 0. The van der Waals surface area contributed by atoms with Gasteiger partial charge in [0.1, 0.15) is 5.82 Å². The number of aryl methyl sites for hydroxylation is 1. The van der Waals surface area contributed by atoms with Crippen molar-refractivity contribution in [2.45, 2.75) is 33.7 Å². The van der Waals surface area contributed by atoms with E-state index in [-0.39, 0.29) is 38.8 Å². The number of hydrogen-bond donors (Lipinski definition) is 1. The maximum atomic E-state index is 4.42. The normalized spacial score (nSPS) is 11.6. The molecule has 0 fully saturated rings. The molecule has 0 amide bonds. The van der Waals surface area contributed by atoms with E-state index in [9.17, 15) is 0 Å². The van der Waals surface area contributed by atoms with Crippen LogP contribution in [0.3, 0.4) is 0 Å². The van der Waals surface area contributed by atoms with Crippen molar-refractivity contribution in [3.8, 4) is 0 Å². The summed E-state index contributed by atoms with van der Waals surface area (Å²) in [6, 6.07) is 4.36. The molecular weight excluding hydrogens is 333 g/mol. The molecule has 2 heterocycles. The van der Waals surface area contributed by atoms with E-state index in [1.807, 2.05) is 26.8 Å². The minimum absolute atomic E-state index is 0. The average molecular weight is 350 g/mol. The first-order valence-corrected chi connectivity index (χ1v) is 6.77. The van der Waals surface area contributed by atoms with E-state index in [1.54, 1.807) is 11.3 Å². The summed E-state index contributed by atoms with van der Waals surface area (Å²) in [4.78, 5) is 14.3. The van der Waals surface area contributed by atoms with Gasteiger partial charge in [-0.25, -0.2) is 4.98 Å². The second-order valence-electron chi connectivity index (χ2n) is 4.41. The Kier molecular flexibility index (Phi) is 6.37. The Balaban J connectivity index is 0.00000180. The predicted octanol–water partition coefficient (Wildman–Crippen LogP) is 3.37. The average Bonchev–Trinajstić information content (AvgIpc) is 2.81. The van der Waals surface area contributed by atoms with E-state index in [0.717, 1.165) is 17.6 Å². The van der Waals surface area contributed by atoms with E-state index in [0.29, 0.717) is 5.95 Å². The van der Waals surface area contributed by atoms with Gasteiger partial charge < -0.3 is 11.2 Å². The topological polar surface area (TPSA) is 50.7 Å². The van der Waals surface area contributed by atoms with Crippen LogP contribution in [0, 0.1) is 12.8 Å². The van der Waals surface area contributed by atoms with Crippen LogP contribution in [0.25, 0.3) is 0 Å². The molecule has 19 heavy (non-hydrogen) atoms. The van der Waals surface area contributed by atoms with Gasteiger partial charge in [0.15, 0.2) is 0 Å². The second kappa shape index (κ2) is 7.32. The van der Waals surface area contributed by atoms with Gasteiger partial charge in [-0.2, -0.15) is 18.8 Å². The number of nitrogens with zero attached hydrogens (tertiary/aromatic N) is 3. The van der Waals surface area contributed by atoms with Gasteiger partial charge in [-0.3, -0.25) is 4.98 Å². The largest absolute Gasteiger partial charge is 3.00 e. The molecule has 0 bridgehead atoms. The fraction of sp³-hybridized carbons (Fsp3) is 0.385. The fourth-order valence-electron chi connectivity index (χ4n) is 1.57. The number of anilines is 1. The van der Waals surface area contributed by atoms with Gasteiger partial charge >= 0.3 is 32.7 Å². The van der Waals surface area contributed by atoms with Gasteiger partial charge in [-0.15, -0.1) is 11.3 Å². The van der Waals surface area contributed by atoms with E-state index in [2.05, 4.69) is 38.6 Å². The summed E-state index contributed by atoms with van der Waals surface area (Å²) in [6.07, 6.45) is 0. The fourth-order valence-corrected chi connectivity index (χ4v) is 2.31. The molecular formula is C13H17N4SY+2. The number of thiophene rings is 1. The quantitative estimate of drug-likeness (QED) is 0.859. The van der Waals surface area contributed by atoms with Crippen LogP contribution in [-0.4, -0.2) is 15.0 Å². The van der Waals surface area contributed by atoms with Crippen molar-refractivity contribution in [1.82, 2.24) is 15.0 Å². The summed E-state index contributed by atoms with van der Waals surface area (Å²) < 4.78 is 0. The van der Waals surface area contributed by atoms with Crippen LogP contribution >= 0.6 is 11.3 Å². The third-order valence-corrected chi connectivity index (χ3v) is 3.57. The first-order valence-electron chi connectivity index (χ1n) is 5.89. The molecule has 1 N–H and O–H groups in total. The van der Waals surface area contributed by atoms with E-state index in [1.165, 1.54) is 4.88 Å². The number of aromatic nitrogens is 3. The van der Waals surface area contributed by atoms with Gasteiger partial charge in [-0.05, 0) is 25.3 Å². The molecule has 0 spiro atoms. The van der Waals surface area contributed by atoms with Crippen molar-refractivity contribution in [1.29, 1.82) is 0 Å².